The van der Waals surface area contributed by atoms with Gasteiger partial charge in [-0.1, -0.05) is 5.92 Å². The van der Waals surface area contributed by atoms with Crippen LogP contribution in [0, 0.1) is 12.3 Å². The summed E-state index contributed by atoms with van der Waals surface area (Å²) in [4.78, 5) is 26.5. The van der Waals surface area contributed by atoms with Gasteiger partial charge in [-0.3, -0.25) is 9.36 Å². The second kappa shape index (κ2) is 5.86. The lowest BCUT2D eigenvalue weighted by Gasteiger charge is -2.26. The van der Waals surface area contributed by atoms with Crippen molar-refractivity contribution < 1.29 is 24.9 Å². The molecule has 1 fully saturated rings. The van der Waals surface area contributed by atoms with Gasteiger partial charge in [-0.15, -0.1) is 6.42 Å². The molecule has 0 radical (unpaired) electrons. The van der Waals surface area contributed by atoms with Gasteiger partial charge in [0, 0.05) is 13.1 Å². The van der Waals surface area contributed by atoms with E-state index in [-0.39, 0.29) is 5.82 Å². The Hall–Kier alpha value is -2.25. The van der Waals surface area contributed by atoms with Gasteiger partial charge in [0.05, 0.1) is 6.61 Å². The van der Waals surface area contributed by atoms with Crippen LogP contribution in [0.5, 0.6) is 0 Å². The number of ether oxygens (including phenoxy) is 1. The number of nitrogens with zero attached hydrogens (tertiary/aromatic N) is 2. The van der Waals surface area contributed by atoms with Gasteiger partial charge in [0.1, 0.15) is 18.0 Å². The largest absolute Gasteiger partial charge is 0.394 e. The number of amides is 1. The third kappa shape index (κ3) is 2.60. The Kier molecular flexibility index (Phi) is 4.30. The maximum atomic E-state index is 12.0. The van der Waals surface area contributed by atoms with Gasteiger partial charge in [-0.2, -0.15) is 4.98 Å². The van der Waals surface area contributed by atoms with Crippen LogP contribution in [0.3, 0.4) is 0 Å². The first-order chi connectivity index (χ1) is 10.3. The number of nitrogens with one attached hydrogen (secondary N) is 1. The molecule has 2 rings (SSSR count). The molecule has 0 unspecified atom stereocenters. The van der Waals surface area contributed by atoms with Crippen LogP contribution in [0.4, 0.5) is 5.82 Å². The van der Waals surface area contributed by atoms with E-state index in [0.29, 0.717) is 0 Å². The van der Waals surface area contributed by atoms with E-state index >= 15 is 0 Å². The minimum Gasteiger partial charge on any atom is -0.394 e. The van der Waals surface area contributed by atoms with E-state index in [0.717, 1.165) is 4.57 Å². The molecule has 118 valence electrons. The predicted octanol–water partition coefficient (Wildman–Crippen LogP) is -2.18. The molecule has 1 aromatic heterocycles. The fourth-order valence-corrected chi connectivity index (χ4v) is 2.19. The van der Waals surface area contributed by atoms with Crippen LogP contribution in [-0.4, -0.2) is 55.2 Å². The number of aliphatic hydroxyl groups is 3. The Balaban J connectivity index is 2.41. The second-order valence-corrected chi connectivity index (χ2v) is 4.81. The molecule has 0 aliphatic carbocycles. The number of rotatable bonds is 3. The number of aliphatic hydroxyl groups excluding tert-OH is 2. The topological polar surface area (TPSA) is 134 Å². The van der Waals surface area contributed by atoms with Crippen molar-refractivity contribution >= 4 is 11.7 Å². The predicted molar refractivity (Wildman–Crippen MR) is 73.6 cm³/mol. The van der Waals surface area contributed by atoms with Gasteiger partial charge < -0.3 is 25.4 Å². The van der Waals surface area contributed by atoms with Gasteiger partial charge in [-0.05, 0) is 6.07 Å². The van der Waals surface area contributed by atoms with Crippen molar-refractivity contribution in [1.29, 1.82) is 0 Å². The summed E-state index contributed by atoms with van der Waals surface area (Å²) in [6.07, 6.45) is 2.30. The summed E-state index contributed by atoms with van der Waals surface area (Å²) in [5.41, 5.74) is -3.05. The van der Waals surface area contributed by atoms with E-state index in [9.17, 15) is 19.8 Å². The maximum Gasteiger partial charge on any atom is 0.351 e. The molecule has 1 amide bonds. The molecule has 4 N–H and O–H groups in total. The number of carbonyl (C=O) groups is 1. The first kappa shape index (κ1) is 16.1. The van der Waals surface area contributed by atoms with Gasteiger partial charge >= 0.3 is 5.69 Å². The van der Waals surface area contributed by atoms with E-state index < -0.39 is 42.2 Å². The zero-order chi connectivity index (χ0) is 16.5. The van der Waals surface area contributed by atoms with Gasteiger partial charge in [0.15, 0.2) is 11.8 Å². The molecule has 0 aromatic carbocycles. The third-order valence-corrected chi connectivity index (χ3v) is 3.28. The van der Waals surface area contributed by atoms with Crippen LogP contribution in [0.1, 0.15) is 13.2 Å². The highest BCUT2D eigenvalue weighted by Gasteiger charge is 2.55. The summed E-state index contributed by atoms with van der Waals surface area (Å²) >= 11 is 0. The van der Waals surface area contributed by atoms with Crippen LogP contribution in [0.15, 0.2) is 17.1 Å². The molecule has 1 aromatic rings. The molecule has 1 aliphatic heterocycles. The van der Waals surface area contributed by atoms with Crippen molar-refractivity contribution in [3.8, 4) is 12.3 Å². The number of anilines is 1. The lowest BCUT2D eigenvalue weighted by Crippen LogP contribution is -2.47. The Morgan fingerprint density at radius 1 is 1.68 bits per heavy atom. The Labute approximate surface area is 125 Å². The molecule has 0 spiro atoms. The number of hydrogen-bond donors (Lipinski definition) is 4. The fourth-order valence-electron chi connectivity index (χ4n) is 2.19. The SMILES string of the molecule is C#C[C@]1(O)[C@H](O)[C@@H](CO)O[C@H]1n1ccc(NC(C)=O)nc1=O. The third-order valence-electron chi connectivity index (χ3n) is 3.28. The monoisotopic (exact) mass is 309 g/mol. The summed E-state index contributed by atoms with van der Waals surface area (Å²) < 4.78 is 6.14. The number of hydrogen-bond acceptors (Lipinski definition) is 7. The van der Waals surface area contributed by atoms with E-state index in [2.05, 4.69) is 10.3 Å². The molecule has 1 saturated heterocycles. The summed E-state index contributed by atoms with van der Waals surface area (Å²) in [5, 5.41) is 31.7. The highest BCUT2D eigenvalue weighted by atomic mass is 16.6. The summed E-state index contributed by atoms with van der Waals surface area (Å²) in [6.45, 7) is 0.667. The molecular formula is C13H15N3O6. The summed E-state index contributed by atoms with van der Waals surface area (Å²) in [6, 6.07) is 1.31. The Bertz CT molecular complexity index is 681. The van der Waals surface area contributed by atoms with E-state index in [4.69, 9.17) is 16.3 Å². The normalized spacial score (nSPS) is 30.8. The van der Waals surface area contributed by atoms with E-state index in [1.807, 2.05) is 5.92 Å². The molecular weight excluding hydrogens is 294 g/mol. The first-order valence-electron chi connectivity index (χ1n) is 6.34. The average molecular weight is 309 g/mol. The standard InChI is InChI=1S/C13H15N3O6/c1-3-13(21)10(19)8(6-17)22-11(13)16-5-4-9(14-7(2)18)15-12(16)20/h1,4-5,8,10-11,17,19,21H,6H2,2H3,(H,14,15,18,20)/t8-,10-,11-,13+/m1/s1. The zero-order valence-electron chi connectivity index (χ0n) is 11.6. The van der Waals surface area contributed by atoms with Crippen molar-refractivity contribution in [1.82, 2.24) is 9.55 Å². The van der Waals surface area contributed by atoms with Crippen LogP contribution in [-0.2, 0) is 9.53 Å². The summed E-state index contributed by atoms with van der Waals surface area (Å²) in [5.74, 6) is 1.61. The molecule has 0 bridgehead atoms. The average Bonchev–Trinajstić information content (AvgIpc) is 2.72. The fraction of sp³-hybridized carbons (Fsp3) is 0.462. The number of aromatic nitrogens is 2. The lowest BCUT2D eigenvalue weighted by molar-refractivity contribution is -0.114. The molecule has 1 aliphatic rings. The number of carbonyl (C=O) groups excluding carboxylic acids is 1. The summed E-state index contributed by atoms with van der Waals surface area (Å²) in [7, 11) is 0. The van der Waals surface area contributed by atoms with Crippen LogP contribution in [0.2, 0.25) is 0 Å². The van der Waals surface area contributed by atoms with Crippen LogP contribution < -0.4 is 11.0 Å². The lowest BCUT2D eigenvalue weighted by atomic mass is 9.95. The Morgan fingerprint density at radius 3 is 2.86 bits per heavy atom. The van der Waals surface area contributed by atoms with Crippen molar-refractivity contribution in [3.05, 3.63) is 22.7 Å². The molecule has 2 heterocycles. The minimum atomic E-state index is -2.20. The first-order valence-corrected chi connectivity index (χ1v) is 6.34. The van der Waals surface area contributed by atoms with Crippen LogP contribution >= 0.6 is 0 Å². The zero-order valence-corrected chi connectivity index (χ0v) is 11.6. The molecule has 9 nitrogen and oxygen atoms in total. The molecule has 22 heavy (non-hydrogen) atoms. The van der Waals surface area contributed by atoms with Gasteiger partial charge in [0.25, 0.3) is 0 Å². The van der Waals surface area contributed by atoms with Crippen molar-refractivity contribution in [3.63, 3.8) is 0 Å². The van der Waals surface area contributed by atoms with Crippen molar-refractivity contribution in [2.24, 2.45) is 0 Å². The van der Waals surface area contributed by atoms with Crippen molar-refractivity contribution in [2.75, 3.05) is 11.9 Å². The molecule has 9 heteroatoms. The highest BCUT2D eigenvalue weighted by Crippen LogP contribution is 2.37. The second-order valence-electron chi connectivity index (χ2n) is 4.81. The Morgan fingerprint density at radius 2 is 2.36 bits per heavy atom. The van der Waals surface area contributed by atoms with E-state index in [1.165, 1.54) is 19.2 Å². The smallest absolute Gasteiger partial charge is 0.351 e. The molecule has 4 atom stereocenters. The van der Waals surface area contributed by atoms with Gasteiger partial charge in [-0.25, -0.2) is 4.79 Å². The maximum absolute atomic E-state index is 12.0. The quantitative estimate of drug-likeness (QED) is 0.466. The van der Waals surface area contributed by atoms with Crippen molar-refractivity contribution in [2.45, 2.75) is 31.0 Å². The minimum absolute atomic E-state index is 0.0234. The van der Waals surface area contributed by atoms with Gasteiger partial charge in [0.2, 0.25) is 5.91 Å². The highest BCUT2D eigenvalue weighted by molar-refractivity contribution is 5.87. The molecule has 0 saturated carbocycles. The van der Waals surface area contributed by atoms with E-state index in [1.54, 1.807) is 0 Å². The number of terminal acetylenes is 1. The van der Waals surface area contributed by atoms with Crippen LogP contribution in [0.25, 0.3) is 0 Å².